The Hall–Kier alpha value is -4.46. The van der Waals surface area contributed by atoms with E-state index >= 15 is 0 Å². The smallest absolute Gasteiger partial charge is 0.325 e. The predicted octanol–water partition coefficient (Wildman–Crippen LogP) is 4.36. The van der Waals surface area contributed by atoms with E-state index in [1.807, 2.05) is 6.92 Å². The van der Waals surface area contributed by atoms with Crippen molar-refractivity contribution in [2.45, 2.75) is 13.1 Å². The summed E-state index contributed by atoms with van der Waals surface area (Å²) >= 11 is 0. The molecule has 10 nitrogen and oxygen atoms in total. The largest absolute Gasteiger partial charge is 0.416 e. The van der Waals surface area contributed by atoms with Gasteiger partial charge in [-0.1, -0.05) is 12.1 Å². The first-order valence-electron chi connectivity index (χ1n) is 10.6. The lowest BCUT2D eigenvalue weighted by Crippen LogP contribution is -2.14. The Morgan fingerprint density at radius 2 is 1.81 bits per heavy atom. The summed E-state index contributed by atoms with van der Waals surface area (Å²) in [4.78, 5) is 24.9. The molecule has 0 radical (unpaired) electrons. The van der Waals surface area contributed by atoms with Crippen LogP contribution in [0.2, 0.25) is 0 Å². The normalized spacial score (nSPS) is 11.7. The minimum absolute atomic E-state index is 0.0719. The lowest BCUT2D eigenvalue weighted by Gasteiger charge is -2.14. The Morgan fingerprint density at radius 3 is 2.54 bits per heavy atom. The Morgan fingerprint density at radius 1 is 1.03 bits per heavy atom. The molecule has 37 heavy (non-hydrogen) atoms. The Bertz CT molecular complexity index is 1570. The van der Waals surface area contributed by atoms with E-state index in [0.717, 1.165) is 24.0 Å². The molecule has 0 aliphatic carbocycles. The van der Waals surface area contributed by atoms with Gasteiger partial charge < -0.3 is 10.6 Å². The highest BCUT2D eigenvalue weighted by molar-refractivity contribution is 7.92. The van der Waals surface area contributed by atoms with Crippen LogP contribution >= 0.6 is 0 Å². The Kier molecular flexibility index (Phi) is 6.85. The van der Waals surface area contributed by atoms with Crippen LogP contribution in [0.3, 0.4) is 0 Å². The van der Waals surface area contributed by atoms with Crippen molar-refractivity contribution in [1.29, 1.82) is 0 Å². The van der Waals surface area contributed by atoms with E-state index in [0.29, 0.717) is 23.1 Å². The van der Waals surface area contributed by atoms with Crippen molar-refractivity contribution in [2.24, 2.45) is 0 Å². The number of rotatable bonds is 7. The first-order chi connectivity index (χ1) is 17.4. The maximum absolute atomic E-state index is 13.0. The summed E-state index contributed by atoms with van der Waals surface area (Å²) in [5.41, 5.74) is 0.627. The van der Waals surface area contributed by atoms with Gasteiger partial charge in [0.15, 0.2) is 0 Å². The molecular weight excluding hydrogens is 511 g/mol. The molecule has 0 bridgehead atoms. The van der Waals surface area contributed by atoms with E-state index in [-0.39, 0.29) is 11.4 Å². The molecule has 0 fully saturated rings. The third-order valence-corrected chi connectivity index (χ3v) is 5.60. The molecule has 3 N–H and O–H groups in total. The predicted molar refractivity (Wildman–Crippen MR) is 131 cm³/mol. The van der Waals surface area contributed by atoms with E-state index in [4.69, 9.17) is 0 Å². The fourth-order valence-electron chi connectivity index (χ4n) is 3.30. The van der Waals surface area contributed by atoms with Crippen LogP contribution in [0, 0.1) is 6.92 Å². The number of sulfonamides is 1. The second-order valence-corrected chi connectivity index (χ2v) is 9.69. The molecular formula is C23H20F3N7O3S. The SMILES string of the molecule is Cc1ccc(NC(=O)c2cccc(C(F)(F)F)c2)cc1Nc1nccn1-c1cc(NS(C)(=O)=O)ncn1. The first kappa shape index (κ1) is 25.6. The second-order valence-electron chi connectivity index (χ2n) is 7.94. The van der Waals surface area contributed by atoms with Gasteiger partial charge in [-0.15, -0.1) is 0 Å². The molecule has 0 spiro atoms. The van der Waals surface area contributed by atoms with Gasteiger partial charge >= 0.3 is 6.18 Å². The zero-order valence-electron chi connectivity index (χ0n) is 19.4. The highest BCUT2D eigenvalue weighted by Crippen LogP contribution is 2.30. The summed E-state index contributed by atoms with van der Waals surface area (Å²) in [5, 5.41) is 5.72. The van der Waals surface area contributed by atoms with Crippen molar-refractivity contribution in [1.82, 2.24) is 19.5 Å². The Labute approximate surface area is 209 Å². The molecule has 0 aliphatic heterocycles. The summed E-state index contributed by atoms with van der Waals surface area (Å²) in [6, 6.07) is 10.5. The number of aromatic nitrogens is 4. The van der Waals surface area contributed by atoms with Gasteiger partial charge in [0.1, 0.15) is 18.0 Å². The van der Waals surface area contributed by atoms with Gasteiger partial charge in [-0.2, -0.15) is 13.2 Å². The molecule has 14 heteroatoms. The number of imidazole rings is 1. The average molecular weight is 532 g/mol. The number of nitrogens with one attached hydrogen (secondary N) is 3. The zero-order chi connectivity index (χ0) is 26.8. The molecule has 0 saturated carbocycles. The number of halogens is 3. The molecule has 2 aromatic carbocycles. The minimum atomic E-state index is -4.57. The topological polar surface area (TPSA) is 131 Å². The van der Waals surface area contributed by atoms with Gasteiger partial charge in [0, 0.05) is 35.4 Å². The standard InChI is InChI=1S/C23H20F3N7O3S/c1-14-6-7-17(30-21(34)15-4-3-5-16(10-15)23(24,25)26)11-18(14)31-22-27-8-9-33(22)20-12-19(28-13-29-20)32-37(2,35)36/h3-13H,1-2H3,(H,27,31)(H,30,34)(H,28,29,32). The molecule has 0 aliphatic rings. The third-order valence-electron chi connectivity index (χ3n) is 5.02. The van der Waals surface area contributed by atoms with Gasteiger partial charge in [-0.25, -0.2) is 23.4 Å². The van der Waals surface area contributed by atoms with Crippen LogP contribution in [-0.2, 0) is 16.2 Å². The number of nitrogens with zero attached hydrogens (tertiary/aromatic N) is 4. The van der Waals surface area contributed by atoms with E-state index < -0.39 is 27.7 Å². The second kappa shape index (κ2) is 9.89. The quantitative estimate of drug-likeness (QED) is 0.323. The van der Waals surface area contributed by atoms with Gasteiger partial charge in [-0.3, -0.25) is 14.1 Å². The van der Waals surface area contributed by atoms with E-state index in [1.54, 1.807) is 29.0 Å². The van der Waals surface area contributed by atoms with Crippen LogP contribution in [0.1, 0.15) is 21.5 Å². The number of aryl methyl sites for hydroxylation is 1. The fourth-order valence-corrected chi connectivity index (χ4v) is 3.79. The highest BCUT2D eigenvalue weighted by Gasteiger charge is 2.30. The maximum atomic E-state index is 13.0. The van der Waals surface area contributed by atoms with Crippen LogP contribution in [0.4, 0.5) is 36.3 Å². The Balaban J connectivity index is 1.56. The number of alkyl halides is 3. The number of benzene rings is 2. The zero-order valence-corrected chi connectivity index (χ0v) is 20.2. The van der Waals surface area contributed by atoms with Crippen LogP contribution < -0.4 is 15.4 Å². The average Bonchev–Trinajstić information content (AvgIpc) is 3.28. The summed E-state index contributed by atoms with van der Waals surface area (Å²) < 4.78 is 65.9. The molecule has 2 heterocycles. The molecule has 0 unspecified atom stereocenters. The number of anilines is 4. The van der Waals surface area contributed by atoms with Crippen molar-refractivity contribution in [3.8, 4) is 5.82 Å². The summed E-state index contributed by atoms with van der Waals surface area (Å²) in [7, 11) is -3.54. The third kappa shape index (κ3) is 6.41. The number of carbonyl (C=O) groups excluding carboxylic acids is 1. The maximum Gasteiger partial charge on any atom is 0.416 e. The molecule has 4 rings (SSSR count). The van der Waals surface area contributed by atoms with Gasteiger partial charge in [-0.05, 0) is 42.8 Å². The summed E-state index contributed by atoms with van der Waals surface area (Å²) in [6.45, 7) is 1.81. The number of amides is 1. The van der Waals surface area contributed by atoms with Crippen molar-refractivity contribution in [3.05, 3.63) is 83.9 Å². The molecule has 0 saturated heterocycles. The number of carbonyl (C=O) groups is 1. The van der Waals surface area contributed by atoms with Gasteiger partial charge in [0.25, 0.3) is 5.91 Å². The molecule has 2 aromatic heterocycles. The fraction of sp³-hybridized carbons (Fsp3) is 0.130. The number of hydrogen-bond acceptors (Lipinski definition) is 7. The van der Waals surface area contributed by atoms with Crippen molar-refractivity contribution in [3.63, 3.8) is 0 Å². The van der Waals surface area contributed by atoms with E-state index in [1.165, 1.54) is 30.7 Å². The minimum Gasteiger partial charge on any atom is -0.325 e. The molecule has 192 valence electrons. The molecule has 4 aromatic rings. The van der Waals surface area contributed by atoms with Gasteiger partial charge in [0.05, 0.1) is 11.8 Å². The van der Waals surface area contributed by atoms with Crippen LogP contribution in [0.15, 0.2) is 67.3 Å². The molecule has 0 atom stereocenters. The van der Waals surface area contributed by atoms with E-state index in [2.05, 4.69) is 30.3 Å². The summed E-state index contributed by atoms with van der Waals surface area (Å²) in [6.07, 6.45) is 0.735. The van der Waals surface area contributed by atoms with Gasteiger partial charge in [0.2, 0.25) is 16.0 Å². The number of hydrogen-bond donors (Lipinski definition) is 3. The first-order valence-corrected chi connectivity index (χ1v) is 12.5. The van der Waals surface area contributed by atoms with E-state index in [9.17, 15) is 26.4 Å². The lowest BCUT2D eigenvalue weighted by atomic mass is 10.1. The van der Waals surface area contributed by atoms with Crippen LogP contribution in [0.25, 0.3) is 5.82 Å². The summed E-state index contributed by atoms with van der Waals surface area (Å²) in [5.74, 6) is 0.0261. The monoisotopic (exact) mass is 531 g/mol. The van der Waals surface area contributed by atoms with Crippen LogP contribution in [-0.4, -0.2) is 40.1 Å². The lowest BCUT2D eigenvalue weighted by molar-refractivity contribution is -0.137. The molecule has 1 amide bonds. The van der Waals surface area contributed by atoms with Crippen molar-refractivity contribution >= 4 is 39.1 Å². The highest BCUT2D eigenvalue weighted by atomic mass is 32.2. The van der Waals surface area contributed by atoms with Crippen LogP contribution in [0.5, 0.6) is 0 Å². The van der Waals surface area contributed by atoms with Crippen molar-refractivity contribution < 1.29 is 26.4 Å². The van der Waals surface area contributed by atoms with Crippen molar-refractivity contribution in [2.75, 3.05) is 21.6 Å².